The smallest absolute Gasteiger partial charge is 0.184 e. The standard InChI is InChI=1S/C18H23NO3/c20-17(12-10-13-4-3-5-14(11-12)19-13)15-6-1-2-7-16(15)18-21-8-9-22-18/h1-2,6-7,12-14,18-19H,3-5,8-11H2. The summed E-state index contributed by atoms with van der Waals surface area (Å²) in [5.74, 6) is 0.409. The zero-order valence-electron chi connectivity index (χ0n) is 12.8. The molecule has 4 rings (SSSR count). The third kappa shape index (κ3) is 2.71. The molecular weight excluding hydrogens is 278 g/mol. The van der Waals surface area contributed by atoms with Crippen LogP contribution in [0.25, 0.3) is 0 Å². The normalized spacial score (nSPS) is 32.1. The maximum absolute atomic E-state index is 13.1. The Labute approximate surface area is 131 Å². The monoisotopic (exact) mass is 301 g/mol. The predicted octanol–water partition coefficient (Wildman–Crippen LogP) is 2.84. The van der Waals surface area contributed by atoms with Crippen molar-refractivity contribution in [3.63, 3.8) is 0 Å². The fraction of sp³-hybridized carbons (Fsp3) is 0.611. The van der Waals surface area contributed by atoms with E-state index in [0.29, 0.717) is 25.3 Å². The fourth-order valence-electron chi connectivity index (χ4n) is 4.16. The van der Waals surface area contributed by atoms with Gasteiger partial charge in [0.15, 0.2) is 12.1 Å². The van der Waals surface area contributed by atoms with Crippen LogP contribution in [-0.2, 0) is 9.47 Å². The van der Waals surface area contributed by atoms with Crippen molar-refractivity contribution in [3.8, 4) is 0 Å². The Morgan fingerprint density at radius 3 is 2.45 bits per heavy atom. The molecule has 2 atom stereocenters. The molecule has 4 nitrogen and oxygen atoms in total. The molecule has 2 unspecified atom stereocenters. The molecule has 1 N–H and O–H groups in total. The van der Waals surface area contributed by atoms with Crippen LogP contribution in [-0.4, -0.2) is 31.1 Å². The number of nitrogens with one attached hydrogen (secondary N) is 1. The molecule has 0 aromatic heterocycles. The average molecular weight is 301 g/mol. The molecule has 0 radical (unpaired) electrons. The van der Waals surface area contributed by atoms with Crippen molar-refractivity contribution in [2.75, 3.05) is 13.2 Å². The highest BCUT2D eigenvalue weighted by Crippen LogP contribution is 2.34. The van der Waals surface area contributed by atoms with Gasteiger partial charge in [0.1, 0.15) is 0 Å². The molecular formula is C18H23NO3. The van der Waals surface area contributed by atoms with Gasteiger partial charge in [-0.3, -0.25) is 4.79 Å². The number of rotatable bonds is 3. The van der Waals surface area contributed by atoms with Crippen LogP contribution >= 0.6 is 0 Å². The van der Waals surface area contributed by atoms with Gasteiger partial charge >= 0.3 is 0 Å². The van der Waals surface area contributed by atoms with Gasteiger partial charge < -0.3 is 14.8 Å². The molecule has 1 aromatic rings. The molecule has 3 heterocycles. The second kappa shape index (κ2) is 6.11. The van der Waals surface area contributed by atoms with E-state index in [1.54, 1.807) is 0 Å². The van der Waals surface area contributed by atoms with E-state index >= 15 is 0 Å². The fourth-order valence-corrected chi connectivity index (χ4v) is 4.16. The summed E-state index contributed by atoms with van der Waals surface area (Å²) in [6.07, 6.45) is 5.27. The maximum Gasteiger partial charge on any atom is 0.184 e. The van der Waals surface area contributed by atoms with Gasteiger partial charge in [-0.2, -0.15) is 0 Å². The summed E-state index contributed by atoms with van der Waals surface area (Å²) in [5.41, 5.74) is 1.69. The lowest BCUT2D eigenvalue weighted by atomic mass is 9.76. The summed E-state index contributed by atoms with van der Waals surface area (Å²) < 4.78 is 11.2. The van der Waals surface area contributed by atoms with Crippen molar-refractivity contribution >= 4 is 5.78 Å². The lowest BCUT2D eigenvalue weighted by molar-refractivity contribution is -0.0446. The molecule has 22 heavy (non-hydrogen) atoms. The SMILES string of the molecule is O=C(c1ccccc1C1OCCO1)C1CC2CCCC(C1)N2. The lowest BCUT2D eigenvalue weighted by Gasteiger charge is -2.40. The molecule has 2 bridgehead atoms. The minimum Gasteiger partial charge on any atom is -0.346 e. The third-order valence-corrected chi connectivity index (χ3v) is 5.19. The molecule has 3 aliphatic heterocycles. The highest BCUT2D eigenvalue weighted by Gasteiger charge is 2.36. The van der Waals surface area contributed by atoms with Crippen LogP contribution in [0.2, 0.25) is 0 Å². The summed E-state index contributed by atoms with van der Waals surface area (Å²) in [5, 5.41) is 3.66. The van der Waals surface area contributed by atoms with E-state index in [1.807, 2.05) is 24.3 Å². The van der Waals surface area contributed by atoms with E-state index < -0.39 is 0 Å². The topological polar surface area (TPSA) is 47.6 Å². The van der Waals surface area contributed by atoms with Crippen molar-refractivity contribution in [1.82, 2.24) is 5.32 Å². The van der Waals surface area contributed by atoms with E-state index in [9.17, 15) is 4.79 Å². The number of hydrogen-bond donors (Lipinski definition) is 1. The number of ether oxygens (including phenoxy) is 2. The van der Waals surface area contributed by atoms with Gasteiger partial charge in [0.05, 0.1) is 13.2 Å². The Kier molecular flexibility index (Phi) is 3.99. The predicted molar refractivity (Wildman–Crippen MR) is 82.7 cm³/mol. The van der Waals surface area contributed by atoms with Crippen LogP contribution in [0.4, 0.5) is 0 Å². The second-order valence-corrected chi connectivity index (χ2v) is 6.68. The first-order chi connectivity index (χ1) is 10.8. The van der Waals surface area contributed by atoms with E-state index in [4.69, 9.17) is 9.47 Å². The molecule has 1 aromatic carbocycles. The van der Waals surface area contributed by atoms with Crippen LogP contribution in [0.15, 0.2) is 24.3 Å². The van der Waals surface area contributed by atoms with Gasteiger partial charge in [-0.1, -0.05) is 30.7 Å². The van der Waals surface area contributed by atoms with Crippen molar-refractivity contribution in [2.24, 2.45) is 5.92 Å². The zero-order valence-corrected chi connectivity index (χ0v) is 12.8. The van der Waals surface area contributed by atoms with Crippen molar-refractivity contribution in [3.05, 3.63) is 35.4 Å². The van der Waals surface area contributed by atoms with Crippen molar-refractivity contribution in [1.29, 1.82) is 0 Å². The quantitative estimate of drug-likeness (QED) is 0.872. The van der Waals surface area contributed by atoms with E-state index in [1.165, 1.54) is 19.3 Å². The number of benzene rings is 1. The Bertz CT molecular complexity index is 541. The summed E-state index contributed by atoms with van der Waals surface area (Å²) in [7, 11) is 0. The molecule has 0 spiro atoms. The molecule has 0 saturated carbocycles. The van der Waals surface area contributed by atoms with Gasteiger partial charge in [-0.05, 0) is 25.7 Å². The van der Waals surface area contributed by atoms with Crippen LogP contribution in [0, 0.1) is 5.92 Å². The van der Waals surface area contributed by atoms with E-state index in [0.717, 1.165) is 24.0 Å². The Hall–Kier alpha value is -1.23. The number of fused-ring (bicyclic) bond motifs is 2. The number of ketones is 1. The van der Waals surface area contributed by atoms with Crippen molar-refractivity contribution in [2.45, 2.75) is 50.5 Å². The number of Topliss-reactive ketones (excluding diaryl/α,β-unsaturated/α-hetero) is 1. The largest absolute Gasteiger partial charge is 0.346 e. The molecule has 0 aliphatic carbocycles. The first-order valence-electron chi connectivity index (χ1n) is 8.43. The van der Waals surface area contributed by atoms with Crippen LogP contribution in [0.1, 0.15) is 54.3 Å². The van der Waals surface area contributed by atoms with E-state index in [2.05, 4.69) is 5.32 Å². The van der Waals surface area contributed by atoms with Crippen molar-refractivity contribution < 1.29 is 14.3 Å². The van der Waals surface area contributed by atoms with Gasteiger partial charge in [-0.25, -0.2) is 0 Å². The molecule has 0 amide bonds. The van der Waals surface area contributed by atoms with Gasteiger partial charge in [-0.15, -0.1) is 0 Å². The number of hydrogen-bond acceptors (Lipinski definition) is 4. The van der Waals surface area contributed by atoms with Crippen LogP contribution < -0.4 is 5.32 Å². The second-order valence-electron chi connectivity index (χ2n) is 6.68. The van der Waals surface area contributed by atoms with Crippen LogP contribution in [0.3, 0.4) is 0 Å². The highest BCUT2D eigenvalue weighted by molar-refractivity contribution is 5.99. The van der Waals surface area contributed by atoms with Gasteiger partial charge in [0, 0.05) is 29.1 Å². The molecule has 4 heteroatoms. The average Bonchev–Trinajstić information content (AvgIpc) is 3.08. The third-order valence-electron chi connectivity index (χ3n) is 5.19. The number of piperidine rings is 2. The Balaban J connectivity index is 1.57. The first-order valence-corrected chi connectivity index (χ1v) is 8.43. The summed E-state index contributed by atoms with van der Waals surface area (Å²) in [4.78, 5) is 13.1. The minimum atomic E-state index is -0.374. The summed E-state index contributed by atoms with van der Waals surface area (Å²) >= 11 is 0. The molecule has 3 fully saturated rings. The molecule has 3 saturated heterocycles. The Morgan fingerprint density at radius 1 is 1.05 bits per heavy atom. The maximum atomic E-state index is 13.1. The van der Waals surface area contributed by atoms with Gasteiger partial charge in [0.2, 0.25) is 0 Å². The van der Waals surface area contributed by atoms with Gasteiger partial charge in [0.25, 0.3) is 0 Å². The highest BCUT2D eigenvalue weighted by atomic mass is 16.7. The zero-order chi connectivity index (χ0) is 14.9. The minimum absolute atomic E-state index is 0.138. The van der Waals surface area contributed by atoms with Crippen LogP contribution in [0.5, 0.6) is 0 Å². The number of carbonyl (C=O) groups is 1. The molecule has 118 valence electrons. The molecule has 3 aliphatic rings. The summed E-state index contributed by atoms with van der Waals surface area (Å²) in [6, 6.07) is 8.83. The van der Waals surface area contributed by atoms with E-state index in [-0.39, 0.29) is 18.0 Å². The first kappa shape index (κ1) is 14.4. The number of carbonyl (C=O) groups excluding carboxylic acids is 1. The summed E-state index contributed by atoms with van der Waals surface area (Å²) in [6.45, 7) is 1.20. The Morgan fingerprint density at radius 2 is 1.73 bits per heavy atom. The lowest BCUT2D eigenvalue weighted by Crippen LogP contribution is -2.50.